The molecule has 0 atom stereocenters. The fourth-order valence-corrected chi connectivity index (χ4v) is 4.52. The number of anilines is 1. The summed E-state index contributed by atoms with van der Waals surface area (Å²) in [6, 6.07) is 13.2. The topological polar surface area (TPSA) is 88.3 Å². The smallest absolute Gasteiger partial charge is 0.253 e. The molecule has 0 saturated carbocycles. The van der Waals surface area contributed by atoms with E-state index < -0.39 is 0 Å². The number of fused-ring (bicyclic) bond motifs is 1. The highest BCUT2D eigenvalue weighted by Crippen LogP contribution is 2.31. The molecule has 1 aliphatic heterocycles. The van der Waals surface area contributed by atoms with Crippen LogP contribution < -0.4 is 25.1 Å². The van der Waals surface area contributed by atoms with Gasteiger partial charge in [0.05, 0.1) is 46.1 Å². The van der Waals surface area contributed by atoms with Gasteiger partial charge in [0.1, 0.15) is 5.75 Å². The number of nitrogens with one attached hydrogen (secondary N) is 2. The zero-order valence-corrected chi connectivity index (χ0v) is 22.4. The number of hydrogen-bond acceptors (Lipinski definition) is 7. The SMILES string of the molecule is CCOc1ccc(NC(=S)N(CCN2CCOCC2)Cc2cc3cc(OC)c(OC)cc3[nH]c2=O)cc1. The van der Waals surface area contributed by atoms with Gasteiger partial charge in [0.15, 0.2) is 16.6 Å². The van der Waals surface area contributed by atoms with Crippen LogP contribution in [0.4, 0.5) is 5.69 Å². The Labute approximate surface area is 222 Å². The van der Waals surface area contributed by atoms with Crippen LogP contribution in [-0.2, 0) is 11.3 Å². The highest BCUT2D eigenvalue weighted by molar-refractivity contribution is 7.80. The van der Waals surface area contributed by atoms with Crippen LogP contribution in [0.2, 0.25) is 0 Å². The lowest BCUT2D eigenvalue weighted by molar-refractivity contribution is 0.0358. The van der Waals surface area contributed by atoms with Crippen LogP contribution in [-0.4, -0.2) is 80.1 Å². The van der Waals surface area contributed by atoms with Crippen LogP contribution in [0.5, 0.6) is 17.2 Å². The van der Waals surface area contributed by atoms with E-state index in [-0.39, 0.29) is 5.56 Å². The number of nitrogens with zero attached hydrogens (tertiary/aromatic N) is 2. The van der Waals surface area contributed by atoms with E-state index in [2.05, 4.69) is 15.2 Å². The summed E-state index contributed by atoms with van der Waals surface area (Å²) in [5.41, 5.74) is 1.98. The maximum absolute atomic E-state index is 13.0. The van der Waals surface area contributed by atoms with Crippen molar-refractivity contribution < 1.29 is 18.9 Å². The third kappa shape index (κ3) is 6.91. The lowest BCUT2D eigenvalue weighted by atomic mass is 10.1. The van der Waals surface area contributed by atoms with E-state index in [9.17, 15) is 4.79 Å². The number of hydrogen-bond donors (Lipinski definition) is 2. The summed E-state index contributed by atoms with van der Waals surface area (Å²) < 4.78 is 21.8. The van der Waals surface area contributed by atoms with Crippen LogP contribution >= 0.6 is 12.2 Å². The summed E-state index contributed by atoms with van der Waals surface area (Å²) in [4.78, 5) is 20.4. The number of rotatable bonds is 10. The molecule has 2 aromatic carbocycles. The predicted molar refractivity (Wildman–Crippen MR) is 149 cm³/mol. The van der Waals surface area contributed by atoms with Crippen molar-refractivity contribution in [3.8, 4) is 17.2 Å². The maximum Gasteiger partial charge on any atom is 0.253 e. The average molecular weight is 527 g/mol. The van der Waals surface area contributed by atoms with Gasteiger partial charge in [0.25, 0.3) is 5.56 Å². The first kappa shape index (κ1) is 26.7. The van der Waals surface area contributed by atoms with Gasteiger partial charge in [0, 0.05) is 48.9 Å². The lowest BCUT2D eigenvalue weighted by Crippen LogP contribution is -2.44. The number of aromatic nitrogens is 1. The highest BCUT2D eigenvalue weighted by atomic mass is 32.1. The molecule has 2 N–H and O–H groups in total. The molecular weight excluding hydrogens is 492 g/mol. The van der Waals surface area contributed by atoms with Crippen molar-refractivity contribution in [3.05, 3.63) is 58.4 Å². The summed E-state index contributed by atoms with van der Waals surface area (Å²) in [5.74, 6) is 1.97. The van der Waals surface area contributed by atoms with Crippen LogP contribution in [0, 0.1) is 0 Å². The zero-order chi connectivity index (χ0) is 26.2. The van der Waals surface area contributed by atoms with Gasteiger partial charge < -0.3 is 34.1 Å². The third-order valence-electron chi connectivity index (χ3n) is 6.28. The van der Waals surface area contributed by atoms with Gasteiger partial charge in [0.2, 0.25) is 0 Å². The Kier molecular flexibility index (Phi) is 9.21. The molecular formula is C27H34N4O5S. The molecule has 2 heterocycles. The molecule has 1 fully saturated rings. The quantitative estimate of drug-likeness (QED) is 0.386. The van der Waals surface area contributed by atoms with Crippen LogP contribution in [0.25, 0.3) is 10.9 Å². The predicted octanol–water partition coefficient (Wildman–Crippen LogP) is 3.48. The van der Waals surface area contributed by atoms with E-state index in [0.29, 0.717) is 47.4 Å². The van der Waals surface area contributed by atoms with E-state index in [1.54, 1.807) is 20.3 Å². The van der Waals surface area contributed by atoms with E-state index >= 15 is 0 Å². The Hall–Kier alpha value is -3.34. The number of aromatic amines is 1. The van der Waals surface area contributed by atoms with Gasteiger partial charge >= 0.3 is 0 Å². The maximum atomic E-state index is 13.0. The summed E-state index contributed by atoms with van der Waals surface area (Å²) >= 11 is 5.81. The molecule has 198 valence electrons. The van der Waals surface area contributed by atoms with E-state index in [1.807, 2.05) is 48.2 Å². The zero-order valence-electron chi connectivity index (χ0n) is 21.5. The summed E-state index contributed by atoms with van der Waals surface area (Å²) in [6.45, 7) is 7.60. The van der Waals surface area contributed by atoms with Gasteiger partial charge in [-0.1, -0.05) is 0 Å². The molecule has 9 nitrogen and oxygen atoms in total. The Morgan fingerprint density at radius 2 is 1.81 bits per heavy atom. The minimum absolute atomic E-state index is 0.167. The van der Waals surface area contributed by atoms with Crippen LogP contribution in [0.3, 0.4) is 0 Å². The number of pyridine rings is 1. The Balaban J connectivity index is 1.56. The lowest BCUT2D eigenvalue weighted by Gasteiger charge is -2.31. The number of ether oxygens (including phenoxy) is 4. The minimum Gasteiger partial charge on any atom is -0.494 e. The standard InChI is InChI=1S/C27H34N4O5S/c1-4-36-22-7-5-21(6-8-22)28-27(37)31(10-9-30-11-13-35-14-12-30)18-20-15-19-16-24(33-2)25(34-3)17-23(19)29-26(20)32/h5-8,15-17H,4,9-14,18H2,1-3H3,(H,28,37)(H,29,32). The average Bonchev–Trinajstić information content (AvgIpc) is 2.92. The van der Waals surface area contributed by atoms with Crippen molar-refractivity contribution in [2.45, 2.75) is 13.5 Å². The van der Waals surface area contributed by atoms with Gasteiger partial charge in [-0.2, -0.15) is 0 Å². The van der Waals surface area contributed by atoms with Crippen molar-refractivity contribution >= 4 is 33.9 Å². The second-order valence-corrected chi connectivity index (χ2v) is 9.07. The van der Waals surface area contributed by atoms with Gasteiger partial charge in [-0.25, -0.2) is 0 Å². The first-order chi connectivity index (χ1) is 18.0. The molecule has 37 heavy (non-hydrogen) atoms. The van der Waals surface area contributed by atoms with Crippen molar-refractivity contribution in [3.63, 3.8) is 0 Å². The number of H-pyrrole nitrogens is 1. The third-order valence-corrected chi connectivity index (χ3v) is 6.64. The summed E-state index contributed by atoms with van der Waals surface area (Å²) in [5, 5.41) is 4.72. The molecule has 1 aromatic heterocycles. The molecule has 4 rings (SSSR count). The molecule has 0 bridgehead atoms. The highest BCUT2D eigenvalue weighted by Gasteiger charge is 2.18. The summed E-state index contributed by atoms with van der Waals surface area (Å²) in [7, 11) is 3.16. The van der Waals surface area contributed by atoms with E-state index in [4.69, 9.17) is 31.2 Å². The fourth-order valence-electron chi connectivity index (χ4n) is 4.24. The first-order valence-electron chi connectivity index (χ1n) is 12.4. The molecule has 3 aromatic rings. The second-order valence-electron chi connectivity index (χ2n) is 8.68. The molecule has 0 aliphatic carbocycles. The molecule has 0 radical (unpaired) electrons. The molecule has 0 unspecified atom stereocenters. The van der Waals surface area contributed by atoms with Gasteiger partial charge in [-0.15, -0.1) is 0 Å². The van der Waals surface area contributed by atoms with Gasteiger partial charge in [-0.05, 0) is 55.5 Å². The first-order valence-corrected chi connectivity index (χ1v) is 12.8. The van der Waals surface area contributed by atoms with Crippen molar-refractivity contribution in [1.29, 1.82) is 0 Å². The number of benzene rings is 2. The van der Waals surface area contributed by atoms with E-state index in [0.717, 1.165) is 49.7 Å². The molecule has 0 amide bonds. The molecule has 0 spiro atoms. The number of morpholine rings is 1. The fraction of sp³-hybridized carbons (Fsp3) is 0.407. The normalized spacial score (nSPS) is 13.8. The Morgan fingerprint density at radius 1 is 1.11 bits per heavy atom. The van der Waals surface area contributed by atoms with Gasteiger partial charge in [-0.3, -0.25) is 9.69 Å². The second kappa shape index (κ2) is 12.8. The van der Waals surface area contributed by atoms with Crippen molar-refractivity contribution in [2.75, 3.05) is 65.5 Å². The van der Waals surface area contributed by atoms with E-state index in [1.165, 1.54) is 0 Å². The largest absolute Gasteiger partial charge is 0.494 e. The monoisotopic (exact) mass is 526 g/mol. The minimum atomic E-state index is -0.167. The Morgan fingerprint density at radius 3 is 2.49 bits per heavy atom. The number of thiocarbonyl (C=S) groups is 1. The van der Waals surface area contributed by atoms with Crippen LogP contribution in [0.1, 0.15) is 12.5 Å². The van der Waals surface area contributed by atoms with Crippen molar-refractivity contribution in [1.82, 2.24) is 14.8 Å². The van der Waals surface area contributed by atoms with Crippen molar-refractivity contribution in [2.24, 2.45) is 0 Å². The molecule has 10 heteroatoms. The Bertz CT molecular complexity index is 1260. The van der Waals surface area contributed by atoms with Crippen LogP contribution in [0.15, 0.2) is 47.3 Å². The summed E-state index contributed by atoms with van der Waals surface area (Å²) in [6.07, 6.45) is 0. The molecule has 1 saturated heterocycles. The number of methoxy groups -OCH3 is 2. The molecule has 1 aliphatic rings.